The molecule has 0 radical (unpaired) electrons. The lowest BCUT2D eigenvalue weighted by Crippen LogP contribution is -2.12. The molecule has 102 valence electrons. The minimum absolute atomic E-state index is 0.0517. The highest BCUT2D eigenvalue weighted by molar-refractivity contribution is 7.90. The molecular weight excluding hydrogens is 282 g/mol. The van der Waals surface area contributed by atoms with Crippen LogP contribution >= 0.6 is 11.3 Å². The van der Waals surface area contributed by atoms with Crippen molar-refractivity contribution in [2.75, 3.05) is 12.4 Å². The Morgan fingerprint density at radius 3 is 2.58 bits per heavy atom. The number of sulfone groups is 1. The van der Waals surface area contributed by atoms with Crippen LogP contribution in [0.4, 0.5) is 0 Å². The summed E-state index contributed by atoms with van der Waals surface area (Å²) in [4.78, 5) is 5.16. The number of aliphatic hydroxyl groups excluding tert-OH is 1. The Bertz CT molecular complexity index is 648. The van der Waals surface area contributed by atoms with E-state index in [-0.39, 0.29) is 18.1 Å². The molecule has 1 N–H and O–H groups in total. The van der Waals surface area contributed by atoms with Crippen LogP contribution in [0.25, 0.3) is 10.6 Å². The van der Waals surface area contributed by atoms with Gasteiger partial charge in [-0.15, -0.1) is 11.3 Å². The first kappa shape index (κ1) is 14.2. The van der Waals surface area contributed by atoms with E-state index in [4.69, 9.17) is 5.11 Å². The number of aryl methyl sites for hydroxylation is 1. The first-order valence-electron chi connectivity index (χ1n) is 5.85. The Labute approximate surface area is 116 Å². The number of rotatable bonds is 5. The molecule has 0 fully saturated rings. The predicted octanol–water partition coefficient (Wildman–Crippen LogP) is 2.03. The summed E-state index contributed by atoms with van der Waals surface area (Å²) in [5.74, 6) is -0.255. The maximum Gasteiger partial charge on any atom is 0.157 e. The molecule has 0 spiro atoms. The minimum Gasteiger partial charge on any atom is -0.395 e. The minimum atomic E-state index is -3.26. The second kappa shape index (κ2) is 5.81. The second-order valence-corrected chi connectivity index (χ2v) is 7.48. The predicted molar refractivity (Wildman–Crippen MR) is 76.9 cm³/mol. The quantitative estimate of drug-likeness (QED) is 0.917. The Morgan fingerprint density at radius 1 is 1.26 bits per heavy atom. The number of nitrogens with zero attached hydrogens (tertiary/aromatic N) is 1. The van der Waals surface area contributed by atoms with Gasteiger partial charge in [0, 0.05) is 10.4 Å². The average Bonchev–Trinajstić information content (AvgIpc) is 2.71. The van der Waals surface area contributed by atoms with Gasteiger partial charge in [0.15, 0.2) is 9.84 Å². The van der Waals surface area contributed by atoms with Crippen molar-refractivity contribution in [3.8, 4) is 10.6 Å². The molecule has 0 saturated carbocycles. The van der Waals surface area contributed by atoms with Crippen molar-refractivity contribution in [1.29, 1.82) is 0 Å². The summed E-state index contributed by atoms with van der Waals surface area (Å²) >= 11 is 1.39. The second-order valence-electron chi connectivity index (χ2n) is 4.21. The van der Waals surface area contributed by atoms with E-state index in [1.807, 2.05) is 37.3 Å². The molecule has 0 saturated heterocycles. The van der Waals surface area contributed by atoms with Crippen LogP contribution in [0.15, 0.2) is 30.3 Å². The Balaban J connectivity index is 2.28. The third-order valence-electron chi connectivity index (χ3n) is 2.67. The van der Waals surface area contributed by atoms with Crippen LogP contribution in [0.1, 0.15) is 10.6 Å². The highest BCUT2D eigenvalue weighted by Gasteiger charge is 2.17. The summed E-state index contributed by atoms with van der Waals surface area (Å²) in [7, 11) is -3.26. The van der Waals surface area contributed by atoms with E-state index in [1.165, 1.54) is 11.3 Å². The Hall–Kier alpha value is -1.24. The van der Waals surface area contributed by atoms with Gasteiger partial charge in [-0.1, -0.05) is 30.3 Å². The largest absolute Gasteiger partial charge is 0.395 e. The number of hydrogen-bond donors (Lipinski definition) is 1. The maximum atomic E-state index is 11.7. The highest BCUT2D eigenvalue weighted by atomic mass is 32.2. The monoisotopic (exact) mass is 297 g/mol. The normalized spacial score (nSPS) is 11.7. The lowest BCUT2D eigenvalue weighted by Gasteiger charge is -2.00. The lowest BCUT2D eigenvalue weighted by molar-refractivity contribution is 0.319. The number of thiazole rings is 1. The van der Waals surface area contributed by atoms with Gasteiger partial charge in [-0.3, -0.25) is 0 Å². The van der Waals surface area contributed by atoms with Crippen molar-refractivity contribution < 1.29 is 13.5 Å². The van der Waals surface area contributed by atoms with E-state index in [9.17, 15) is 8.42 Å². The molecule has 0 amide bonds. The first-order chi connectivity index (χ1) is 9.02. The van der Waals surface area contributed by atoms with Gasteiger partial charge in [-0.05, 0) is 6.92 Å². The van der Waals surface area contributed by atoms with Crippen LogP contribution in [-0.4, -0.2) is 30.9 Å². The topological polar surface area (TPSA) is 67.3 Å². The highest BCUT2D eigenvalue weighted by Crippen LogP contribution is 2.28. The van der Waals surface area contributed by atoms with Crippen molar-refractivity contribution in [2.45, 2.75) is 12.7 Å². The molecule has 2 rings (SSSR count). The van der Waals surface area contributed by atoms with Gasteiger partial charge in [0.05, 0.1) is 23.8 Å². The number of benzene rings is 1. The van der Waals surface area contributed by atoms with Crippen LogP contribution in [0, 0.1) is 6.92 Å². The van der Waals surface area contributed by atoms with Gasteiger partial charge >= 0.3 is 0 Å². The summed E-state index contributed by atoms with van der Waals surface area (Å²) in [6, 6.07) is 9.67. The molecule has 0 aliphatic heterocycles. The van der Waals surface area contributed by atoms with Gasteiger partial charge in [0.25, 0.3) is 0 Å². The molecule has 0 aliphatic rings. The van der Waals surface area contributed by atoms with Crippen LogP contribution < -0.4 is 0 Å². The molecule has 19 heavy (non-hydrogen) atoms. The first-order valence-corrected chi connectivity index (χ1v) is 8.48. The van der Waals surface area contributed by atoms with E-state index >= 15 is 0 Å². The molecule has 0 atom stereocenters. The number of aliphatic hydroxyl groups is 1. The van der Waals surface area contributed by atoms with Gasteiger partial charge in [0.1, 0.15) is 5.01 Å². The molecule has 4 nitrogen and oxygen atoms in total. The van der Waals surface area contributed by atoms with Crippen molar-refractivity contribution in [3.05, 3.63) is 40.9 Å². The SMILES string of the molecule is Cc1nc(-c2ccccc2)sc1CS(=O)(=O)CCO. The standard InChI is InChI=1S/C13H15NO3S2/c1-10-12(9-19(16,17)8-7-15)18-13(14-10)11-5-3-2-4-6-11/h2-6,15H,7-9H2,1H3. The fourth-order valence-electron chi connectivity index (χ4n) is 1.68. The smallest absolute Gasteiger partial charge is 0.157 e. The van der Waals surface area contributed by atoms with Crippen LogP contribution in [0.5, 0.6) is 0 Å². The van der Waals surface area contributed by atoms with Gasteiger partial charge in [0.2, 0.25) is 0 Å². The van der Waals surface area contributed by atoms with Crippen molar-refractivity contribution in [3.63, 3.8) is 0 Å². The van der Waals surface area contributed by atoms with E-state index in [0.717, 1.165) is 21.1 Å². The van der Waals surface area contributed by atoms with Gasteiger partial charge in [-0.25, -0.2) is 13.4 Å². The van der Waals surface area contributed by atoms with E-state index in [0.29, 0.717) is 0 Å². The Morgan fingerprint density at radius 2 is 1.95 bits per heavy atom. The van der Waals surface area contributed by atoms with Crippen molar-refractivity contribution in [2.24, 2.45) is 0 Å². The van der Waals surface area contributed by atoms with E-state index in [2.05, 4.69) is 4.98 Å². The summed E-state index contributed by atoms with van der Waals surface area (Å²) in [6.45, 7) is 1.47. The molecule has 0 bridgehead atoms. The fraction of sp³-hybridized carbons (Fsp3) is 0.308. The zero-order valence-corrected chi connectivity index (χ0v) is 12.2. The molecule has 0 unspecified atom stereocenters. The molecular formula is C13H15NO3S2. The van der Waals surface area contributed by atoms with Crippen molar-refractivity contribution in [1.82, 2.24) is 4.98 Å². The van der Waals surface area contributed by atoms with Crippen LogP contribution in [-0.2, 0) is 15.6 Å². The zero-order chi connectivity index (χ0) is 13.9. The van der Waals surface area contributed by atoms with E-state index in [1.54, 1.807) is 0 Å². The van der Waals surface area contributed by atoms with E-state index < -0.39 is 9.84 Å². The lowest BCUT2D eigenvalue weighted by atomic mass is 10.2. The molecule has 0 aliphatic carbocycles. The molecule has 1 aromatic carbocycles. The van der Waals surface area contributed by atoms with Gasteiger partial charge < -0.3 is 5.11 Å². The average molecular weight is 297 g/mol. The van der Waals surface area contributed by atoms with Gasteiger partial charge in [-0.2, -0.15) is 0 Å². The van der Waals surface area contributed by atoms with Crippen LogP contribution in [0.3, 0.4) is 0 Å². The van der Waals surface area contributed by atoms with Crippen LogP contribution in [0.2, 0.25) is 0 Å². The maximum absolute atomic E-state index is 11.7. The molecule has 6 heteroatoms. The zero-order valence-electron chi connectivity index (χ0n) is 10.5. The molecule has 2 aromatic rings. The summed E-state index contributed by atoms with van der Waals surface area (Å²) in [5, 5.41) is 9.57. The third-order valence-corrected chi connectivity index (χ3v) is 5.59. The third kappa shape index (κ3) is 3.62. The molecule has 1 heterocycles. The number of aromatic nitrogens is 1. The summed E-state index contributed by atoms with van der Waals surface area (Å²) in [5.41, 5.74) is 1.73. The Kier molecular flexibility index (Phi) is 4.34. The van der Waals surface area contributed by atoms with Crippen molar-refractivity contribution >= 4 is 21.2 Å². The summed E-state index contributed by atoms with van der Waals surface area (Å²) in [6.07, 6.45) is 0. The summed E-state index contributed by atoms with van der Waals surface area (Å²) < 4.78 is 23.4. The molecule has 1 aromatic heterocycles. The fourth-order valence-corrected chi connectivity index (χ4v) is 4.35. The number of hydrogen-bond acceptors (Lipinski definition) is 5.